The molecule has 0 amide bonds. The van der Waals surface area contributed by atoms with Crippen molar-refractivity contribution in [3.05, 3.63) is 170 Å². The Bertz CT molecular complexity index is 2170. The lowest BCUT2D eigenvalue weighted by Gasteiger charge is -2.20. The van der Waals surface area contributed by atoms with Crippen LogP contribution in [0.3, 0.4) is 0 Å². The third-order valence-corrected chi connectivity index (χ3v) is 8.49. The lowest BCUT2D eigenvalue weighted by atomic mass is 9.83. The summed E-state index contributed by atoms with van der Waals surface area (Å²) in [6.07, 6.45) is 0. The van der Waals surface area contributed by atoms with Crippen LogP contribution in [-0.2, 0) is 0 Å². The molecule has 0 radical (unpaired) electrons. The Morgan fingerprint density at radius 2 is 0.571 bits per heavy atom. The fourth-order valence-corrected chi connectivity index (χ4v) is 6.67. The highest BCUT2D eigenvalue weighted by molar-refractivity contribution is 6.24. The molecule has 8 rings (SSSR count). The van der Waals surface area contributed by atoms with E-state index in [1.54, 1.807) is 0 Å². The first kappa shape index (κ1) is 24.3. The standard InChI is InChI=1S/C42H28/c1-3-15-29(16-4-1)31-19-7-8-20-32(31)35-27-28-40(34-22-10-9-21-33(34)35)42-38-25-13-11-23-36(38)41(30-17-5-2-6-18-30)37-24-12-14-26-39(37)42/h1-28H. The summed E-state index contributed by atoms with van der Waals surface area (Å²) in [6.45, 7) is 0. The molecule has 0 spiro atoms. The highest BCUT2D eigenvalue weighted by Crippen LogP contribution is 2.46. The molecule has 8 aromatic carbocycles. The minimum absolute atomic E-state index is 1.23. The minimum atomic E-state index is 1.23. The number of hydrogen-bond donors (Lipinski definition) is 0. The first-order chi connectivity index (χ1) is 20.9. The molecular weight excluding hydrogens is 504 g/mol. The predicted molar refractivity (Wildman–Crippen MR) is 181 cm³/mol. The maximum Gasteiger partial charge on any atom is -0.00201 e. The number of fused-ring (bicyclic) bond motifs is 3. The molecule has 0 saturated heterocycles. The highest BCUT2D eigenvalue weighted by atomic mass is 14.2. The van der Waals surface area contributed by atoms with Gasteiger partial charge in [-0.05, 0) is 76.8 Å². The van der Waals surface area contributed by atoms with Gasteiger partial charge in [-0.25, -0.2) is 0 Å². The van der Waals surface area contributed by atoms with E-state index >= 15 is 0 Å². The fourth-order valence-electron chi connectivity index (χ4n) is 6.67. The van der Waals surface area contributed by atoms with Gasteiger partial charge >= 0.3 is 0 Å². The normalized spacial score (nSPS) is 11.3. The summed E-state index contributed by atoms with van der Waals surface area (Å²) in [5, 5.41) is 7.63. The zero-order valence-electron chi connectivity index (χ0n) is 23.2. The van der Waals surface area contributed by atoms with Gasteiger partial charge in [-0.3, -0.25) is 0 Å². The van der Waals surface area contributed by atoms with Gasteiger partial charge in [0.2, 0.25) is 0 Å². The van der Waals surface area contributed by atoms with Gasteiger partial charge in [-0.15, -0.1) is 0 Å². The minimum Gasteiger partial charge on any atom is -0.0622 e. The van der Waals surface area contributed by atoms with E-state index in [4.69, 9.17) is 0 Å². The summed E-state index contributed by atoms with van der Waals surface area (Å²) in [5.74, 6) is 0. The van der Waals surface area contributed by atoms with Crippen LogP contribution in [0.5, 0.6) is 0 Å². The van der Waals surface area contributed by atoms with Crippen LogP contribution in [0.2, 0.25) is 0 Å². The van der Waals surface area contributed by atoms with Crippen LogP contribution >= 0.6 is 0 Å². The van der Waals surface area contributed by atoms with Crippen LogP contribution in [0.15, 0.2) is 170 Å². The number of benzene rings is 8. The largest absolute Gasteiger partial charge is 0.0622 e. The Labute approximate surface area is 246 Å². The molecule has 0 N–H and O–H groups in total. The van der Waals surface area contributed by atoms with Crippen molar-refractivity contribution in [3.63, 3.8) is 0 Å². The Hall–Kier alpha value is -5.46. The van der Waals surface area contributed by atoms with Crippen molar-refractivity contribution >= 4 is 32.3 Å². The molecule has 8 aromatic rings. The SMILES string of the molecule is c1ccc(-c2ccccc2-c2ccc(-c3c4ccccc4c(-c4ccccc4)c4ccccc34)c3ccccc23)cc1. The molecule has 0 nitrogen and oxygen atoms in total. The molecular formula is C42H28. The molecule has 0 saturated carbocycles. The summed E-state index contributed by atoms with van der Waals surface area (Å²) in [7, 11) is 0. The average molecular weight is 533 g/mol. The third-order valence-electron chi connectivity index (χ3n) is 8.49. The maximum atomic E-state index is 2.34. The van der Waals surface area contributed by atoms with Crippen molar-refractivity contribution in [2.45, 2.75) is 0 Å². The highest BCUT2D eigenvalue weighted by Gasteiger charge is 2.19. The van der Waals surface area contributed by atoms with Crippen LogP contribution in [0.1, 0.15) is 0 Å². The van der Waals surface area contributed by atoms with Crippen LogP contribution in [-0.4, -0.2) is 0 Å². The van der Waals surface area contributed by atoms with Gasteiger partial charge in [0, 0.05) is 0 Å². The third kappa shape index (κ3) is 3.92. The van der Waals surface area contributed by atoms with Gasteiger partial charge in [0.25, 0.3) is 0 Å². The molecule has 0 aromatic heterocycles. The fraction of sp³-hybridized carbons (Fsp3) is 0. The van der Waals surface area contributed by atoms with E-state index in [2.05, 4.69) is 170 Å². The quantitative estimate of drug-likeness (QED) is 0.198. The Balaban J connectivity index is 1.45. The zero-order valence-corrected chi connectivity index (χ0v) is 23.2. The second kappa shape index (κ2) is 10.2. The van der Waals surface area contributed by atoms with E-state index in [-0.39, 0.29) is 0 Å². The average Bonchev–Trinajstić information content (AvgIpc) is 3.07. The molecule has 0 aliphatic heterocycles. The number of rotatable bonds is 4. The van der Waals surface area contributed by atoms with Gasteiger partial charge in [-0.2, -0.15) is 0 Å². The van der Waals surface area contributed by atoms with Gasteiger partial charge in [-0.1, -0.05) is 170 Å². The van der Waals surface area contributed by atoms with Crippen molar-refractivity contribution in [2.24, 2.45) is 0 Å². The van der Waals surface area contributed by atoms with Crippen LogP contribution in [0, 0.1) is 0 Å². The van der Waals surface area contributed by atoms with E-state index in [1.807, 2.05) is 0 Å². The smallest absolute Gasteiger partial charge is 0.00201 e. The molecule has 42 heavy (non-hydrogen) atoms. The van der Waals surface area contributed by atoms with E-state index in [9.17, 15) is 0 Å². The second-order valence-electron chi connectivity index (χ2n) is 10.8. The molecule has 0 aliphatic carbocycles. The molecule has 0 heterocycles. The lowest BCUT2D eigenvalue weighted by Crippen LogP contribution is -1.93. The van der Waals surface area contributed by atoms with E-state index < -0.39 is 0 Å². The predicted octanol–water partition coefficient (Wildman–Crippen LogP) is 11.8. The zero-order chi connectivity index (χ0) is 27.9. The van der Waals surface area contributed by atoms with Gasteiger partial charge in [0.1, 0.15) is 0 Å². The Morgan fingerprint density at radius 1 is 0.190 bits per heavy atom. The van der Waals surface area contributed by atoms with Crippen molar-refractivity contribution in [1.29, 1.82) is 0 Å². The van der Waals surface area contributed by atoms with Crippen LogP contribution in [0.25, 0.3) is 76.8 Å². The Morgan fingerprint density at radius 3 is 1.14 bits per heavy atom. The summed E-state index contributed by atoms with van der Waals surface area (Å²) in [6, 6.07) is 61.6. The summed E-state index contributed by atoms with van der Waals surface area (Å²) in [5.41, 5.74) is 10.1. The molecule has 0 bridgehead atoms. The van der Waals surface area contributed by atoms with E-state index in [1.165, 1.54) is 76.8 Å². The monoisotopic (exact) mass is 532 g/mol. The van der Waals surface area contributed by atoms with Gasteiger partial charge in [0.15, 0.2) is 0 Å². The van der Waals surface area contributed by atoms with Crippen molar-refractivity contribution in [1.82, 2.24) is 0 Å². The van der Waals surface area contributed by atoms with Crippen molar-refractivity contribution in [2.75, 3.05) is 0 Å². The van der Waals surface area contributed by atoms with Crippen LogP contribution < -0.4 is 0 Å². The molecule has 0 heteroatoms. The summed E-state index contributed by atoms with van der Waals surface area (Å²) in [4.78, 5) is 0. The lowest BCUT2D eigenvalue weighted by molar-refractivity contribution is 1.60. The first-order valence-corrected chi connectivity index (χ1v) is 14.5. The molecule has 196 valence electrons. The first-order valence-electron chi connectivity index (χ1n) is 14.5. The second-order valence-corrected chi connectivity index (χ2v) is 10.8. The number of hydrogen-bond acceptors (Lipinski definition) is 0. The molecule has 0 fully saturated rings. The molecule has 0 aliphatic rings. The van der Waals surface area contributed by atoms with Crippen molar-refractivity contribution < 1.29 is 0 Å². The Kier molecular flexibility index (Phi) is 5.90. The van der Waals surface area contributed by atoms with E-state index in [0.717, 1.165) is 0 Å². The molecule has 0 unspecified atom stereocenters. The topological polar surface area (TPSA) is 0 Å². The summed E-state index contributed by atoms with van der Waals surface area (Å²) < 4.78 is 0. The maximum absolute atomic E-state index is 2.34. The summed E-state index contributed by atoms with van der Waals surface area (Å²) >= 11 is 0. The molecule has 0 atom stereocenters. The van der Waals surface area contributed by atoms with Gasteiger partial charge < -0.3 is 0 Å². The van der Waals surface area contributed by atoms with Crippen LogP contribution in [0.4, 0.5) is 0 Å². The van der Waals surface area contributed by atoms with Crippen molar-refractivity contribution in [3.8, 4) is 44.5 Å². The van der Waals surface area contributed by atoms with E-state index in [0.29, 0.717) is 0 Å². The van der Waals surface area contributed by atoms with Gasteiger partial charge in [0.05, 0.1) is 0 Å².